The minimum Gasteiger partial charge on any atom is -0.481 e. The van der Waals surface area contributed by atoms with Gasteiger partial charge in [-0.3, -0.25) is 14.2 Å². The first kappa shape index (κ1) is 31.2. The number of rotatable bonds is 15. The molecule has 216 valence electrons. The molecule has 21 nitrogen and oxygen atoms in total. The number of phosphoric ester groups is 1. The van der Waals surface area contributed by atoms with Crippen molar-refractivity contribution >= 4 is 48.7 Å². The predicted octanol–water partition coefficient (Wildman–Crippen LogP) is -4.29. The Morgan fingerprint density at radius 2 is 1.59 bits per heavy atom. The normalized spacial score (nSPS) is 16.4. The van der Waals surface area contributed by atoms with Crippen molar-refractivity contribution in [2.45, 2.75) is 42.9 Å². The van der Waals surface area contributed by atoms with E-state index >= 15 is 0 Å². The molecule has 1 unspecified atom stereocenters. The van der Waals surface area contributed by atoms with Crippen LogP contribution in [-0.4, -0.2) is 121 Å². The highest BCUT2D eigenvalue weighted by molar-refractivity contribution is 7.49. The summed E-state index contributed by atoms with van der Waals surface area (Å²) in [5.74, 6) is -8.67. The highest BCUT2D eigenvalue weighted by Crippen LogP contribution is 2.52. The molecule has 5 atom stereocenters. The molecule has 2 aromatic rings. The summed E-state index contributed by atoms with van der Waals surface area (Å²) < 4.78 is 28.0. The van der Waals surface area contributed by atoms with Crippen molar-refractivity contribution in [2.24, 2.45) is 0 Å². The van der Waals surface area contributed by atoms with Crippen molar-refractivity contribution in [1.29, 1.82) is 0 Å². The summed E-state index contributed by atoms with van der Waals surface area (Å²) >= 11 is 0. The summed E-state index contributed by atoms with van der Waals surface area (Å²) in [6, 6.07) is 0. The maximum absolute atomic E-state index is 13.6. The van der Waals surface area contributed by atoms with E-state index in [-0.39, 0.29) is 11.3 Å². The Kier molecular flexibility index (Phi) is 9.81. The summed E-state index contributed by atoms with van der Waals surface area (Å²) in [6.07, 6.45) is -11.8. The van der Waals surface area contributed by atoms with Crippen molar-refractivity contribution < 1.29 is 78.3 Å². The van der Waals surface area contributed by atoms with E-state index in [0.717, 1.165) is 6.33 Å². The number of fused-ring (bicyclic) bond motifs is 1. The number of carbonyl (C=O) groups is 4. The van der Waals surface area contributed by atoms with Gasteiger partial charge >= 0.3 is 31.7 Å². The topological polar surface area (TPSA) is 344 Å². The van der Waals surface area contributed by atoms with Gasteiger partial charge in [-0.15, -0.1) is 4.73 Å². The number of hydrogen-bond donors (Lipinski definition) is 9. The van der Waals surface area contributed by atoms with Gasteiger partial charge in [0.25, 0.3) is 0 Å². The van der Waals surface area contributed by atoms with Crippen LogP contribution in [0.15, 0.2) is 12.7 Å². The first-order chi connectivity index (χ1) is 18.1. The number of anilines is 1. The fourth-order valence-electron chi connectivity index (χ4n) is 2.90. The van der Waals surface area contributed by atoms with Gasteiger partial charge in [0.15, 0.2) is 23.0 Å². The number of carbonyl (C=O) groups excluding carboxylic acids is 1. The third kappa shape index (κ3) is 7.32. The van der Waals surface area contributed by atoms with Crippen molar-refractivity contribution in [2.75, 3.05) is 12.3 Å². The number of nitrogens with two attached hydrogens (primary N) is 1. The van der Waals surface area contributed by atoms with E-state index in [1.807, 2.05) is 0 Å². The fourth-order valence-corrected chi connectivity index (χ4v) is 4.30. The van der Waals surface area contributed by atoms with Gasteiger partial charge in [-0.05, 0) is 0 Å². The smallest absolute Gasteiger partial charge is 0.481 e. The zero-order valence-electron chi connectivity index (χ0n) is 19.2. The van der Waals surface area contributed by atoms with E-state index in [9.17, 15) is 49.3 Å². The number of carboxylic acid groups (broad SMARTS) is 3. The third-order valence-corrected chi connectivity index (χ3v) is 6.12. The maximum atomic E-state index is 13.6. The van der Waals surface area contributed by atoms with Crippen LogP contribution in [0.4, 0.5) is 5.82 Å². The van der Waals surface area contributed by atoms with Crippen LogP contribution in [0.25, 0.3) is 11.2 Å². The van der Waals surface area contributed by atoms with Crippen molar-refractivity contribution in [3.8, 4) is 0 Å². The number of phosphoric acid groups is 1. The summed E-state index contributed by atoms with van der Waals surface area (Å²) in [5, 5.41) is 75.8. The molecule has 2 rings (SSSR count). The Morgan fingerprint density at radius 1 is 1.00 bits per heavy atom. The monoisotopic (exact) mass is 583 g/mol. The number of nitrogen functional groups attached to an aromatic ring is 1. The molecule has 0 fully saturated rings. The SMILES string of the molecule is Nc1ncnc2c1ncn2OP(=O)(OC(=O)[C@H](O)[C@@H](O)[C@H](O)[C@H](O)CO)OC(CC(=O)O)(CC(=O)O)C(=O)O. The molecule has 0 aliphatic heterocycles. The van der Waals surface area contributed by atoms with Crippen LogP contribution in [0.1, 0.15) is 12.8 Å². The van der Waals surface area contributed by atoms with Gasteiger partial charge in [0, 0.05) is 0 Å². The number of nitrogens with zero attached hydrogens (tertiary/aromatic N) is 4. The number of aliphatic hydroxyl groups excluding tert-OH is 5. The standard InChI is InChI=1S/C17H22N5O16P/c18-13-9-14(20-4-19-13)22(5-21-9)38-39(35,36-15(32)12(31)11(30)10(29)6(24)3-23)37-17(16(33)34,1-7(25)26)2-8(27)28/h4-6,10-12,23-24,29-31H,1-3H2,(H,25,26)(H,27,28)(H,33,34)(H2,18,19,20)/t6-,10-,11+,12-,39?/m1/s1. The first-order valence-electron chi connectivity index (χ1n) is 10.2. The van der Waals surface area contributed by atoms with Gasteiger partial charge < -0.3 is 51.1 Å². The van der Waals surface area contributed by atoms with Gasteiger partial charge in [0.1, 0.15) is 31.0 Å². The number of aromatic nitrogens is 4. The first-order valence-corrected chi connectivity index (χ1v) is 11.7. The van der Waals surface area contributed by atoms with Crippen LogP contribution in [0, 0.1) is 0 Å². The zero-order valence-corrected chi connectivity index (χ0v) is 20.1. The van der Waals surface area contributed by atoms with Crippen LogP contribution in [0.3, 0.4) is 0 Å². The second kappa shape index (κ2) is 12.3. The molecular formula is C17H22N5O16P. The highest BCUT2D eigenvalue weighted by atomic mass is 31.2. The molecule has 0 aromatic carbocycles. The molecule has 2 heterocycles. The number of aliphatic hydroxyl groups is 5. The Bertz CT molecular complexity index is 1270. The molecule has 22 heteroatoms. The average molecular weight is 583 g/mol. The molecule has 0 saturated carbocycles. The lowest BCUT2D eigenvalue weighted by molar-refractivity contribution is -0.172. The molecule has 0 bridgehead atoms. The summed E-state index contributed by atoms with van der Waals surface area (Å²) in [7, 11) is -5.93. The van der Waals surface area contributed by atoms with E-state index in [2.05, 4.69) is 19.5 Å². The number of aliphatic carboxylic acids is 3. The Labute approximate surface area is 215 Å². The minimum absolute atomic E-state index is 0.201. The third-order valence-electron chi connectivity index (χ3n) is 4.77. The second-order valence-electron chi connectivity index (χ2n) is 7.65. The fraction of sp³-hybridized carbons (Fsp3) is 0.471. The van der Waals surface area contributed by atoms with Crippen LogP contribution < -0.4 is 10.4 Å². The second-order valence-corrected chi connectivity index (χ2v) is 9.07. The van der Waals surface area contributed by atoms with Crippen LogP contribution >= 0.6 is 7.82 Å². The van der Waals surface area contributed by atoms with Gasteiger partial charge in [-0.25, -0.2) is 33.6 Å². The van der Waals surface area contributed by atoms with Crippen LogP contribution in [0.2, 0.25) is 0 Å². The van der Waals surface area contributed by atoms with E-state index in [0.29, 0.717) is 11.1 Å². The van der Waals surface area contributed by atoms with Gasteiger partial charge in [-0.1, -0.05) is 0 Å². The molecule has 2 aromatic heterocycles. The summed E-state index contributed by atoms with van der Waals surface area (Å²) in [6.45, 7) is -1.14. The number of hydrogen-bond acceptors (Lipinski definition) is 17. The molecular weight excluding hydrogens is 561 g/mol. The molecule has 0 amide bonds. The Balaban J connectivity index is 2.58. The van der Waals surface area contributed by atoms with E-state index < -0.39 is 86.8 Å². The molecule has 10 N–H and O–H groups in total. The average Bonchev–Trinajstić information content (AvgIpc) is 3.24. The quantitative estimate of drug-likeness (QED) is 0.0895. The summed E-state index contributed by atoms with van der Waals surface area (Å²) in [4.78, 5) is 58.1. The van der Waals surface area contributed by atoms with Crippen LogP contribution in [0.5, 0.6) is 0 Å². The van der Waals surface area contributed by atoms with Crippen LogP contribution in [-0.2, 0) is 32.8 Å². The number of imidazole rings is 1. The summed E-state index contributed by atoms with van der Waals surface area (Å²) in [5.41, 5.74) is 1.58. The van der Waals surface area contributed by atoms with E-state index in [1.165, 1.54) is 0 Å². The molecule has 0 spiro atoms. The molecule has 39 heavy (non-hydrogen) atoms. The predicted molar refractivity (Wildman–Crippen MR) is 117 cm³/mol. The lowest BCUT2D eigenvalue weighted by Crippen LogP contribution is -2.49. The van der Waals surface area contributed by atoms with E-state index in [4.69, 9.17) is 30.2 Å². The van der Waals surface area contributed by atoms with Gasteiger partial charge in [-0.2, -0.15) is 0 Å². The van der Waals surface area contributed by atoms with Crippen molar-refractivity contribution in [1.82, 2.24) is 19.7 Å². The Morgan fingerprint density at radius 3 is 2.10 bits per heavy atom. The lowest BCUT2D eigenvalue weighted by Gasteiger charge is -2.30. The largest absolute Gasteiger partial charge is 0.610 e. The Hall–Kier alpha value is -3.98. The minimum atomic E-state index is -5.93. The molecule has 0 radical (unpaired) electrons. The van der Waals surface area contributed by atoms with Gasteiger partial charge in [0.05, 0.1) is 19.4 Å². The highest BCUT2D eigenvalue weighted by Gasteiger charge is 2.54. The molecule has 0 saturated heterocycles. The van der Waals surface area contributed by atoms with Crippen molar-refractivity contribution in [3.05, 3.63) is 12.7 Å². The molecule has 0 aliphatic carbocycles. The van der Waals surface area contributed by atoms with Crippen molar-refractivity contribution in [3.63, 3.8) is 0 Å². The molecule has 0 aliphatic rings. The van der Waals surface area contributed by atoms with Gasteiger partial charge in [0.2, 0.25) is 5.65 Å². The van der Waals surface area contributed by atoms with E-state index in [1.54, 1.807) is 0 Å². The zero-order chi connectivity index (χ0) is 29.7. The lowest BCUT2D eigenvalue weighted by atomic mass is 9.96. The number of carboxylic acids is 3. The maximum Gasteiger partial charge on any atom is 0.610 e.